The van der Waals surface area contributed by atoms with Crippen LogP contribution in [-0.2, 0) is 6.42 Å². The predicted octanol–water partition coefficient (Wildman–Crippen LogP) is 4.91. The quantitative estimate of drug-likeness (QED) is 0.741. The lowest BCUT2D eigenvalue weighted by Crippen LogP contribution is -2.17. The van der Waals surface area contributed by atoms with E-state index < -0.39 is 0 Å². The van der Waals surface area contributed by atoms with Crippen LogP contribution in [0.3, 0.4) is 0 Å². The van der Waals surface area contributed by atoms with Gasteiger partial charge in [-0.15, -0.1) is 0 Å². The summed E-state index contributed by atoms with van der Waals surface area (Å²) in [6.45, 7) is 4.53. The van der Waals surface area contributed by atoms with Crippen molar-refractivity contribution in [1.29, 1.82) is 0 Å². The topological polar surface area (TPSA) is 31.9 Å². The molecule has 0 spiro atoms. The van der Waals surface area contributed by atoms with Gasteiger partial charge in [-0.2, -0.15) is 0 Å². The van der Waals surface area contributed by atoms with Gasteiger partial charge in [-0.05, 0) is 54.7 Å². The summed E-state index contributed by atoms with van der Waals surface area (Å²) in [7, 11) is 0. The number of nitrogens with zero attached hydrogens (tertiary/aromatic N) is 2. The molecule has 1 aromatic heterocycles. The second-order valence-corrected chi connectivity index (χ2v) is 6.44. The first-order valence-corrected chi connectivity index (χ1v) is 8.83. The molecule has 0 saturated carbocycles. The minimum absolute atomic E-state index is 0.928. The van der Waals surface area contributed by atoms with E-state index in [0.717, 1.165) is 23.5 Å². The number of anilines is 1. The summed E-state index contributed by atoms with van der Waals surface area (Å²) in [5, 5.41) is 0. The third-order valence-corrected chi connectivity index (χ3v) is 4.86. The van der Waals surface area contributed by atoms with E-state index in [4.69, 9.17) is 0 Å². The minimum Gasteiger partial charge on any atom is -0.372 e. The van der Waals surface area contributed by atoms with Gasteiger partial charge in [0.2, 0.25) is 0 Å². The van der Waals surface area contributed by atoms with Crippen LogP contribution in [0.4, 0.5) is 5.69 Å². The summed E-state index contributed by atoms with van der Waals surface area (Å²) in [5.41, 5.74) is 6.06. The molecule has 0 unspecified atom stereocenters. The van der Waals surface area contributed by atoms with Crippen molar-refractivity contribution < 1.29 is 0 Å². The highest BCUT2D eigenvalue weighted by Gasteiger charge is 2.12. The molecule has 3 nitrogen and oxygen atoms in total. The molecular weight excluding hydrogens is 294 g/mol. The van der Waals surface area contributed by atoms with E-state index in [1.807, 2.05) is 6.20 Å². The monoisotopic (exact) mass is 317 g/mol. The van der Waals surface area contributed by atoms with Crippen LogP contribution < -0.4 is 4.90 Å². The molecule has 2 heterocycles. The van der Waals surface area contributed by atoms with E-state index in [1.54, 1.807) is 0 Å². The van der Waals surface area contributed by atoms with Crippen LogP contribution in [0.5, 0.6) is 0 Å². The van der Waals surface area contributed by atoms with Crippen molar-refractivity contribution in [3.05, 3.63) is 60.3 Å². The molecule has 24 heavy (non-hydrogen) atoms. The second-order valence-electron chi connectivity index (χ2n) is 6.44. The SMILES string of the molecule is CCc1ccc(-c2cnc(-c3ccc(N4CCCC4)cc3)[nH]2)cc1. The van der Waals surface area contributed by atoms with Gasteiger partial charge in [0, 0.05) is 24.3 Å². The molecule has 4 rings (SSSR count). The molecule has 1 aliphatic heterocycles. The first-order valence-electron chi connectivity index (χ1n) is 8.83. The highest BCUT2D eigenvalue weighted by molar-refractivity contribution is 5.66. The average molecular weight is 317 g/mol. The van der Waals surface area contributed by atoms with Crippen LogP contribution in [-0.4, -0.2) is 23.1 Å². The maximum Gasteiger partial charge on any atom is 0.137 e. The number of aryl methyl sites for hydroxylation is 1. The van der Waals surface area contributed by atoms with Crippen LogP contribution in [0.2, 0.25) is 0 Å². The zero-order valence-corrected chi connectivity index (χ0v) is 14.1. The molecule has 1 N–H and O–H groups in total. The van der Waals surface area contributed by atoms with E-state index in [0.29, 0.717) is 0 Å². The highest BCUT2D eigenvalue weighted by Crippen LogP contribution is 2.26. The predicted molar refractivity (Wildman–Crippen MR) is 100 cm³/mol. The third kappa shape index (κ3) is 2.94. The molecule has 3 aromatic rings. The van der Waals surface area contributed by atoms with Gasteiger partial charge >= 0.3 is 0 Å². The average Bonchev–Trinajstić information content (AvgIpc) is 3.34. The lowest BCUT2D eigenvalue weighted by molar-refractivity contribution is 0.949. The summed E-state index contributed by atoms with van der Waals surface area (Å²) in [6, 6.07) is 17.4. The van der Waals surface area contributed by atoms with Crippen molar-refractivity contribution in [3.63, 3.8) is 0 Å². The first-order chi connectivity index (χ1) is 11.8. The largest absolute Gasteiger partial charge is 0.372 e. The van der Waals surface area contributed by atoms with Crippen molar-refractivity contribution in [2.45, 2.75) is 26.2 Å². The van der Waals surface area contributed by atoms with E-state index in [2.05, 4.69) is 70.3 Å². The highest BCUT2D eigenvalue weighted by atomic mass is 15.1. The Kier molecular flexibility index (Phi) is 4.08. The Hall–Kier alpha value is -2.55. The van der Waals surface area contributed by atoms with Gasteiger partial charge in [-0.3, -0.25) is 0 Å². The molecular formula is C21H23N3. The fourth-order valence-corrected chi connectivity index (χ4v) is 3.34. The fraction of sp³-hybridized carbons (Fsp3) is 0.286. The second kappa shape index (κ2) is 6.52. The number of H-pyrrole nitrogens is 1. The van der Waals surface area contributed by atoms with E-state index in [9.17, 15) is 0 Å². The Labute approximate surface area is 143 Å². The van der Waals surface area contributed by atoms with Gasteiger partial charge in [0.15, 0.2) is 0 Å². The van der Waals surface area contributed by atoms with Crippen LogP contribution >= 0.6 is 0 Å². The summed E-state index contributed by atoms with van der Waals surface area (Å²) < 4.78 is 0. The summed E-state index contributed by atoms with van der Waals surface area (Å²) in [5.74, 6) is 0.928. The van der Waals surface area contributed by atoms with Crippen molar-refractivity contribution in [2.24, 2.45) is 0 Å². The number of rotatable bonds is 4. The Balaban J connectivity index is 1.55. The lowest BCUT2D eigenvalue weighted by Gasteiger charge is -2.17. The van der Waals surface area contributed by atoms with Gasteiger partial charge < -0.3 is 9.88 Å². The van der Waals surface area contributed by atoms with Crippen molar-refractivity contribution in [1.82, 2.24) is 9.97 Å². The van der Waals surface area contributed by atoms with Gasteiger partial charge in [0.1, 0.15) is 5.82 Å². The molecule has 2 aromatic carbocycles. The zero-order chi connectivity index (χ0) is 16.4. The Morgan fingerprint density at radius 1 is 0.917 bits per heavy atom. The van der Waals surface area contributed by atoms with Gasteiger partial charge in [0.25, 0.3) is 0 Å². The van der Waals surface area contributed by atoms with Crippen molar-refractivity contribution in [3.8, 4) is 22.6 Å². The Bertz CT molecular complexity index is 794. The third-order valence-electron chi connectivity index (χ3n) is 4.86. The number of hydrogen-bond donors (Lipinski definition) is 1. The standard InChI is InChI=1S/C21H23N3/c1-2-16-5-7-17(8-6-16)20-15-22-21(23-20)18-9-11-19(12-10-18)24-13-3-4-14-24/h5-12,15H,2-4,13-14H2,1H3,(H,22,23). The molecule has 122 valence electrons. The number of hydrogen-bond acceptors (Lipinski definition) is 2. The number of imidazole rings is 1. The van der Waals surface area contributed by atoms with E-state index >= 15 is 0 Å². The molecule has 1 saturated heterocycles. The first kappa shape index (κ1) is 15.0. The maximum absolute atomic E-state index is 4.56. The summed E-state index contributed by atoms with van der Waals surface area (Å²) in [4.78, 5) is 10.5. The van der Waals surface area contributed by atoms with E-state index in [-0.39, 0.29) is 0 Å². The molecule has 0 aliphatic carbocycles. The molecule has 0 bridgehead atoms. The molecule has 0 atom stereocenters. The summed E-state index contributed by atoms with van der Waals surface area (Å²) in [6.07, 6.45) is 5.60. The van der Waals surface area contributed by atoms with E-state index in [1.165, 1.54) is 42.7 Å². The number of benzene rings is 2. The van der Waals surface area contributed by atoms with Crippen LogP contribution in [0.15, 0.2) is 54.7 Å². The summed E-state index contributed by atoms with van der Waals surface area (Å²) >= 11 is 0. The van der Waals surface area contributed by atoms with Crippen molar-refractivity contribution in [2.75, 3.05) is 18.0 Å². The molecule has 1 aliphatic rings. The van der Waals surface area contributed by atoms with Crippen LogP contribution in [0.25, 0.3) is 22.6 Å². The van der Waals surface area contributed by atoms with Gasteiger partial charge in [0.05, 0.1) is 11.9 Å². The number of nitrogens with one attached hydrogen (secondary N) is 1. The lowest BCUT2D eigenvalue weighted by atomic mass is 10.1. The fourth-order valence-electron chi connectivity index (χ4n) is 3.34. The van der Waals surface area contributed by atoms with Gasteiger partial charge in [-0.25, -0.2) is 4.98 Å². The molecule has 1 fully saturated rings. The van der Waals surface area contributed by atoms with Gasteiger partial charge in [-0.1, -0.05) is 31.2 Å². The number of aromatic nitrogens is 2. The number of aromatic amines is 1. The Morgan fingerprint density at radius 2 is 1.58 bits per heavy atom. The maximum atomic E-state index is 4.56. The van der Waals surface area contributed by atoms with Crippen LogP contribution in [0.1, 0.15) is 25.3 Å². The molecule has 0 amide bonds. The smallest absolute Gasteiger partial charge is 0.137 e. The normalized spacial score (nSPS) is 14.3. The Morgan fingerprint density at radius 3 is 2.25 bits per heavy atom. The molecule has 3 heteroatoms. The minimum atomic E-state index is 0.928. The van der Waals surface area contributed by atoms with Crippen LogP contribution in [0, 0.1) is 0 Å². The molecule has 0 radical (unpaired) electrons. The van der Waals surface area contributed by atoms with Crippen molar-refractivity contribution >= 4 is 5.69 Å². The zero-order valence-electron chi connectivity index (χ0n) is 14.1.